The van der Waals surface area contributed by atoms with Crippen LogP contribution in [0.5, 0.6) is 0 Å². The van der Waals surface area contributed by atoms with Crippen molar-refractivity contribution in [2.75, 3.05) is 18.0 Å². The molecule has 7 heteroatoms. The summed E-state index contributed by atoms with van der Waals surface area (Å²) < 4.78 is 5.34. The zero-order valence-corrected chi connectivity index (χ0v) is 17.8. The first-order valence-corrected chi connectivity index (χ1v) is 10.4. The van der Waals surface area contributed by atoms with E-state index in [2.05, 4.69) is 0 Å². The Hall–Kier alpha value is -3.48. The Morgan fingerprint density at radius 3 is 2.32 bits per heavy atom. The van der Waals surface area contributed by atoms with Crippen LogP contribution in [0.2, 0.25) is 0 Å². The van der Waals surface area contributed by atoms with Gasteiger partial charge in [-0.25, -0.2) is 9.69 Å². The molecule has 0 aliphatic carbocycles. The molecule has 2 aliphatic rings. The van der Waals surface area contributed by atoms with Crippen LogP contribution >= 0.6 is 0 Å². The van der Waals surface area contributed by atoms with Gasteiger partial charge in [-0.3, -0.25) is 14.4 Å². The van der Waals surface area contributed by atoms with Crippen molar-refractivity contribution in [3.8, 4) is 0 Å². The number of aryl methyl sites for hydroxylation is 2. The molecule has 1 atom stereocenters. The number of anilines is 1. The van der Waals surface area contributed by atoms with E-state index in [1.165, 1.54) is 18.2 Å². The fourth-order valence-corrected chi connectivity index (χ4v) is 4.02. The number of fused-ring (bicyclic) bond motifs is 1. The third-order valence-corrected chi connectivity index (χ3v) is 5.78. The van der Waals surface area contributed by atoms with Gasteiger partial charge in [0.2, 0.25) is 0 Å². The van der Waals surface area contributed by atoms with Gasteiger partial charge in [0.25, 0.3) is 17.7 Å². The maximum atomic E-state index is 13.0. The number of carbonyl (C=O) groups is 4. The highest BCUT2D eigenvalue weighted by Crippen LogP contribution is 2.32. The van der Waals surface area contributed by atoms with Gasteiger partial charge in [-0.15, -0.1) is 0 Å². The highest BCUT2D eigenvalue weighted by molar-refractivity contribution is 6.35. The summed E-state index contributed by atoms with van der Waals surface area (Å²) in [5, 5.41) is 0. The van der Waals surface area contributed by atoms with Crippen molar-refractivity contribution in [2.24, 2.45) is 0 Å². The van der Waals surface area contributed by atoms with E-state index < -0.39 is 23.9 Å². The van der Waals surface area contributed by atoms with Crippen molar-refractivity contribution in [1.82, 2.24) is 4.90 Å². The molecule has 31 heavy (non-hydrogen) atoms. The second kappa shape index (κ2) is 7.98. The minimum Gasteiger partial charge on any atom is -0.449 e. The number of carbonyl (C=O) groups excluding carboxylic acids is 4. The Morgan fingerprint density at radius 2 is 1.61 bits per heavy atom. The van der Waals surface area contributed by atoms with Gasteiger partial charge in [-0.2, -0.15) is 0 Å². The van der Waals surface area contributed by atoms with Gasteiger partial charge in [-0.1, -0.05) is 12.1 Å². The Balaban J connectivity index is 1.56. The number of imide groups is 1. The molecule has 0 N–H and O–H groups in total. The molecule has 0 aromatic heterocycles. The van der Waals surface area contributed by atoms with E-state index in [4.69, 9.17) is 4.74 Å². The standard InChI is InChI=1S/C24H24N2O5/c1-14-6-7-15(2)20(12-14)26-22(28)18-9-8-17(13-19(18)23(26)29)24(30)31-16(3)21(27)25-10-4-5-11-25/h6-9,12-13,16H,4-5,10-11H2,1-3H3/t16-/m1/s1. The van der Waals surface area contributed by atoms with Crippen molar-refractivity contribution >= 4 is 29.4 Å². The molecular weight excluding hydrogens is 396 g/mol. The molecule has 160 valence electrons. The first-order chi connectivity index (χ1) is 14.8. The average Bonchev–Trinajstić information content (AvgIpc) is 3.37. The van der Waals surface area contributed by atoms with Gasteiger partial charge >= 0.3 is 5.97 Å². The highest BCUT2D eigenvalue weighted by Gasteiger charge is 2.38. The van der Waals surface area contributed by atoms with E-state index in [0.29, 0.717) is 18.8 Å². The Kier molecular flexibility index (Phi) is 5.35. The molecular formula is C24H24N2O5. The number of benzene rings is 2. The van der Waals surface area contributed by atoms with Gasteiger partial charge in [-0.05, 0) is 69.0 Å². The Morgan fingerprint density at radius 1 is 0.935 bits per heavy atom. The molecule has 1 saturated heterocycles. The van der Waals surface area contributed by atoms with Crippen LogP contribution in [0.15, 0.2) is 36.4 Å². The van der Waals surface area contributed by atoms with Crippen LogP contribution in [-0.4, -0.2) is 47.8 Å². The largest absolute Gasteiger partial charge is 0.449 e. The number of nitrogens with zero attached hydrogens (tertiary/aromatic N) is 2. The summed E-state index contributed by atoms with van der Waals surface area (Å²) in [6.07, 6.45) is 0.983. The van der Waals surface area contributed by atoms with E-state index in [1.54, 1.807) is 17.9 Å². The van der Waals surface area contributed by atoms with Crippen LogP contribution in [0.4, 0.5) is 5.69 Å². The van der Waals surface area contributed by atoms with Crippen LogP contribution in [0.3, 0.4) is 0 Å². The predicted octanol–water partition coefficient (Wildman–Crippen LogP) is 3.27. The molecule has 1 fully saturated rings. The molecule has 2 aromatic rings. The third kappa shape index (κ3) is 3.71. The molecule has 0 radical (unpaired) electrons. The van der Waals surface area contributed by atoms with Gasteiger partial charge in [0.05, 0.1) is 22.4 Å². The van der Waals surface area contributed by atoms with Crippen molar-refractivity contribution in [3.05, 3.63) is 64.2 Å². The molecule has 0 spiro atoms. The number of esters is 1. The normalized spacial score (nSPS) is 16.5. The quantitative estimate of drug-likeness (QED) is 0.560. The lowest BCUT2D eigenvalue weighted by Crippen LogP contribution is -2.38. The fourth-order valence-electron chi connectivity index (χ4n) is 4.02. The second-order valence-electron chi connectivity index (χ2n) is 8.08. The number of ether oxygens (including phenoxy) is 1. The molecule has 0 saturated carbocycles. The Labute approximate surface area is 180 Å². The number of hydrogen-bond acceptors (Lipinski definition) is 5. The zero-order chi connectivity index (χ0) is 22.3. The molecule has 3 amide bonds. The lowest BCUT2D eigenvalue weighted by molar-refractivity contribution is -0.138. The molecule has 0 unspecified atom stereocenters. The maximum Gasteiger partial charge on any atom is 0.338 e. The molecule has 2 aliphatic heterocycles. The Bertz CT molecular complexity index is 1100. The van der Waals surface area contributed by atoms with Crippen LogP contribution in [0.25, 0.3) is 0 Å². The summed E-state index contributed by atoms with van der Waals surface area (Å²) in [5.74, 6) is -1.83. The average molecular weight is 420 g/mol. The summed E-state index contributed by atoms with van der Waals surface area (Å²) in [5.41, 5.74) is 2.78. The topological polar surface area (TPSA) is 84.0 Å². The van der Waals surface area contributed by atoms with Gasteiger partial charge in [0.15, 0.2) is 6.10 Å². The molecule has 0 bridgehead atoms. The van der Waals surface area contributed by atoms with Crippen molar-refractivity contribution in [1.29, 1.82) is 0 Å². The zero-order valence-electron chi connectivity index (χ0n) is 17.8. The maximum absolute atomic E-state index is 13.0. The highest BCUT2D eigenvalue weighted by atomic mass is 16.5. The van der Waals surface area contributed by atoms with Crippen LogP contribution < -0.4 is 4.90 Å². The van der Waals surface area contributed by atoms with Gasteiger partial charge in [0.1, 0.15) is 0 Å². The first-order valence-electron chi connectivity index (χ1n) is 10.4. The summed E-state index contributed by atoms with van der Waals surface area (Å²) in [6.45, 7) is 6.61. The van der Waals surface area contributed by atoms with Gasteiger partial charge in [0, 0.05) is 13.1 Å². The predicted molar refractivity (Wildman–Crippen MR) is 114 cm³/mol. The molecule has 2 heterocycles. The SMILES string of the molecule is Cc1ccc(C)c(N2C(=O)c3ccc(C(=O)O[C@H](C)C(=O)N4CCCC4)cc3C2=O)c1. The second-order valence-corrected chi connectivity index (χ2v) is 8.08. The van der Waals surface area contributed by atoms with Crippen LogP contribution in [0.1, 0.15) is 62.0 Å². The lowest BCUT2D eigenvalue weighted by Gasteiger charge is -2.20. The number of hydrogen-bond donors (Lipinski definition) is 0. The van der Waals surface area contributed by atoms with Crippen LogP contribution in [-0.2, 0) is 9.53 Å². The smallest absolute Gasteiger partial charge is 0.338 e. The van der Waals surface area contributed by atoms with Crippen molar-refractivity contribution < 1.29 is 23.9 Å². The monoisotopic (exact) mass is 420 g/mol. The van der Waals surface area contributed by atoms with Crippen LogP contribution in [0, 0.1) is 13.8 Å². The van der Waals surface area contributed by atoms with E-state index in [1.807, 2.05) is 26.0 Å². The summed E-state index contributed by atoms with van der Waals surface area (Å²) in [6, 6.07) is 9.84. The minimum atomic E-state index is -0.914. The summed E-state index contributed by atoms with van der Waals surface area (Å²) in [4.78, 5) is 53.8. The van der Waals surface area contributed by atoms with E-state index in [9.17, 15) is 19.2 Å². The first kappa shape index (κ1) is 20.8. The lowest BCUT2D eigenvalue weighted by atomic mass is 10.1. The minimum absolute atomic E-state index is 0.129. The van der Waals surface area contributed by atoms with Gasteiger partial charge < -0.3 is 9.64 Å². The third-order valence-electron chi connectivity index (χ3n) is 5.78. The molecule has 2 aromatic carbocycles. The summed E-state index contributed by atoms with van der Waals surface area (Å²) >= 11 is 0. The number of amides is 3. The molecule has 7 nitrogen and oxygen atoms in total. The van der Waals surface area contributed by atoms with E-state index in [-0.39, 0.29) is 22.6 Å². The summed E-state index contributed by atoms with van der Waals surface area (Å²) in [7, 11) is 0. The van der Waals surface area contributed by atoms with E-state index in [0.717, 1.165) is 28.9 Å². The molecule has 4 rings (SSSR count). The number of likely N-dealkylation sites (tertiary alicyclic amines) is 1. The van der Waals surface area contributed by atoms with Crippen molar-refractivity contribution in [2.45, 2.75) is 39.7 Å². The van der Waals surface area contributed by atoms with Crippen molar-refractivity contribution in [3.63, 3.8) is 0 Å². The fraction of sp³-hybridized carbons (Fsp3) is 0.333. The van der Waals surface area contributed by atoms with E-state index >= 15 is 0 Å². The number of rotatable bonds is 4.